The van der Waals surface area contributed by atoms with Crippen molar-refractivity contribution in [1.29, 1.82) is 0 Å². The van der Waals surface area contributed by atoms with Crippen LogP contribution in [-0.2, 0) is 10.1 Å². The number of rotatable bonds is 3. The third kappa shape index (κ3) is 3.36. The van der Waals surface area contributed by atoms with Gasteiger partial charge in [-0.05, 0) is 0 Å². The first-order valence-corrected chi connectivity index (χ1v) is 3.74. The van der Waals surface area contributed by atoms with Crippen LogP contribution in [0.5, 0.6) is 0 Å². The zero-order valence-electron chi connectivity index (χ0n) is 6.23. The Hall–Kier alpha value is 1.20. The molecule has 0 saturated carbocycles. The van der Waals surface area contributed by atoms with Gasteiger partial charge in [-0.25, -0.2) is 12.8 Å². The van der Waals surface area contributed by atoms with Crippen LogP contribution in [-0.4, -0.2) is 30.8 Å². The second-order valence-corrected chi connectivity index (χ2v) is 3.23. The molecular formula is C3H2F5KO3S. The summed E-state index contributed by atoms with van der Waals surface area (Å²) in [6, 6.07) is 0. The Balaban J connectivity index is 0. The minimum absolute atomic E-state index is 0. The summed E-state index contributed by atoms with van der Waals surface area (Å²) in [5.41, 5.74) is 0. The predicted molar refractivity (Wildman–Crippen MR) is 25.6 cm³/mol. The second-order valence-electron chi connectivity index (χ2n) is 1.81. The molecule has 74 valence electrons. The van der Waals surface area contributed by atoms with Gasteiger partial charge in [0.1, 0.15) is 0 Å². The molecule has 0 unspecified atom stereocenters. The summed E-state index contributed by atoms with van der Waals surface area (Å²) in [6.45, 7) is -2.92. The summed E-state index contributed by atoms with van der Waals surface area (Å²) in [4.78, 5) is 0. The molecule has 0 saturated heterocycles. The molecule has 0 aromatic rings. The molecule has 0 aliphatic rings. The van der Waals surface area contributed by atoms with E-state index in [4.69, 9.17) is 0 Å². The van der Waals surface area contributed by atoms with Crippen LogP contribution in [0.3, 0.4) is 0 Å². The molecule has 0 fully saturated rings. The van der Waals surface area contributed by atoms with Crippen molar-refractivity contribution in [2.24, 2.45) is 0 Å². The molecular weight excluding hydrogens is 250 g/mol. The molecule has 0 atom stereocenters. The average molecular weight is 252 g/mol. The maximum Gasteiger partial charge on any atom is 1.00 e. The number of hydrogen-bond donors (Lipinski definition) is 0. The van der Waals surface area contributed by atoms with Crippen LogP contribution in [0.15, 0.2) is 0 Å². The molecule has 0 radical (unpaired) electrons. The summed E-state index contributed by atoms with van der Waals surface area (Å²) < 4.78 is 86.8. The van der Waals surface area contributed by atoms with Gasteiger partial charge in [-0.1, -0.05) is 0 Å². The van der Waals surface area contributed by atoms with Crippen molar-refractivity contribution < 1.29 is 86.3 Å². The minimum Gasteiger partial charge on any atom is -0.743 e. The summed E-state index contributed by atoms with van der Waals surface area (Å²) >= 11 is 0. The molecule has 0 N–H and O–H groups in total. The zero-order valence-corrected chi connectivity index (χ0v) is 10.2. The molecule has 0 bridgehead atoms. The molecule has 3 nitrogen and oxygen atoms in total. The van der Waals surface area contributed by atoms with Gasteiger partial charge < -0.3 is 4.55 Å². The fraction of sp³-hybridized carbons (Fsp3) is 1.00. The Morgan fingerprint density at radius 1 is 1.15 bits per heavy atom. The van der Waals surface area contributed by atoms with Gasteiger partial charge in [-0.15, -0.1) is 0 Å². The standard InChI is InChI=1S/C3H3F5O3S.K/c4-1-2(5,6)3(7,8)12(9,10)11;/h1H2,(H,9,10,11);/q;+1/p-1. The molecule has 0 aliphatic heterocycles. The Bertz CT molecular complexity index is 262. The maximum atomic E-state index is 11.8. The van der Waals surface area contributed by atoms with E-state index in [9.17, 15) is 34.9 Å². The van der Waals surface area contributed by atoms with Gasteiger partial charge in [0.15, 0.2) is 16.8 Å². The molecule has 0 aromatic heterocycles. The van der Waals surface area contributed by atoms with Gasteiger partial charge in [0, 0.05) is 0 Å². The van der Waals surface area contributed by atoms with E-state index in [2.05, 4.69) is 0 Å². The van der Waals surface area contributed by atoms with E-state index in [0.717, 1.165) is 0 Å². The van der Waals surface area contributed by atoms with Gasteiger partial charge >= 0.3 is 62.6 Å². The van der Waals surface area contributed by atoms with Crippen molar-refractivity contribution in [2.45, 2.75) is 11.2 Å². The van der Waals surface area contributed by atoms with Crippen LogP contribution in [0.2, 0.25) is 0 Å². The van der Waals surface area contributed by atoms with Gasteiger partial charge in [0.25, 0.3) is 0 Å². The minimum atomic E-state index is -6.55. The summed E-state index contributed by atoms with van der Waals surface area (Å²) in [5.74, 6) is -5.48. The van der Waals surface area contributed by atoms with Crippen LogP contribution in [0.1, 0.15) is 0 Å². The van der Waals surface area contributed by atoms with Gasteiger partial charge in [0.2, 0.25) is 0 Å². The molecule has 0 aromatic carbocycles. The van der Waals surface area contributed by atoms with Crippen LogP contribution in [0, 0.1) is 0 Å². The molecule has 0 heterocycles. The topological polar surface area (TPSA) is 57.2 Å². The Kier molecular flexibility index (Phi) is 6.15. The van der Waals surface area contributed by atoms with Crippen molar-refractivity contribution in [3.8, 4) is 0 Å². The van der Waals surface area contributed by atoms with Crippen LogP contribution < -0.4 is 51.4 Å². The fourth-order valence-corrected chi connectivity index (χ4v) is 0.681. The summed E-state index contributed by atoms with van der Waals surface area (Å²) in [5, 5.41) is -5.91. The van der Waals surface area contributed by atoms with Crippen molar-refractivity contribution in [1.82, 2.24) is 0 Å². The van der Waals surface area contributed by atoms with Crippen LogP contribution >= 0.6 is 0 Å². The molecule has 0 aliphatic carbocycles. The third-order valence-corrected chi connectivity index (χ3v) is 1.83. The number of halogens is 5. The Labute approximate surface area is 113 Å². The van der Waals surface area contributed by atoms with E-state index < -0.39 is 28.0 Å². The average Bonchev–Trinajstić information content (AvgIpc) is 1.85. The van der Waals surface area contributed by atoms with E-state index in [-0.39, 0.29) is 51.4 Å². The molecule has 0 rings (SSSR count). The largest absolute Gasteiger partial charge is 1.00 e. The van der Waals surface area contributed by atoms with Gasteiger partial charge in [-0.2, -0.15) is 17.6 Å². The van der Waals surface area contributed by atoms with Crippen LogP contribution in [0.25, 0.3) is 0 Å². The SMILES string of the molecule is O=S(=O)([O-])C(F)(F)C(F)(F)CF.[K+]. The first-order valence-electron chi connectivity index (χ1n) is 2.33. The quantitative estimate of drug-likeness (QED) is 0.323. The van der Waals surface area contributed by atoms with E-state index >= 15 is 0 Å². The van der Waals surface area contributed by atoms with Gasteiger partial charge in [-0.3, -0.25) is 0 Å². The summed E-state index contributed by atoms with van der Waals surface area (Å²) in [6.07, 6.45) is 0. The van der Waals surface area contributed by atoms with E-state index in [0.29, 0.717) is 0 Å². The second kappa shape index (κ2) is 4.81. The van der Waals surface area contributed by atoms with Crippen LogP contribution in [0.4, 0.5) is 22.0 Å². The van der Waals surface area contributed by atoms with Crippen molar-refractivity contribution >= 4 is 10.1 Å². The molecule has 10 heteroatoms. The first kappa shape index (κ1) is 16.6. The first-order chi connectivity index (χ1) is 5.06. The number of hydrogen-bond acceptors (Lipinski definition) is 3. The maximum absolute atomic E-state index is 11.8. The fourth-order valence-electron chi connectivity index (χ4n) is 0.261. The van der Waals surface area contributed by atoms with E-state index in [1.165, 1.54) is 0 Å². The molecule has 0 amide bonds. The molecule has 13 heavy (non-hydrogen) atoms. The van der Waals surface area contributed by atoms with Gasteiger partial charge in [0.05, 0.1) is 0 Å². The Morgan fingerprint density at radius 3 is 1.54 bits per heavy atom. The van der Waals surface area contributed by atoms with E-state index in [1.807, 2.05) is 0 Å². The molecule has 0 spiro atoms. The van der Waals surface area contributed by atoms with Crippen molar-refractivity contribution in [2.75, 3.05) is 6.67 Å². The predicted octanol–water partition coefficient (Wildman–Crippen LogP) is -2.27. The van der Waals surface area contributed by atoms with E-state index in [1.54, 1.807) is 0 Å². The van der Waals surface area contributed by atoms with Crippen molar-refractivity contribution in [3.05, 3.63) is 0 Å². The number of alkyl halides is 5. The monoisotopic (exact) mass is 252 g/mol. The normalized spacial score (nSPS) is 13.7. The van der Waals surface area contributed by atoms with Crippen molar-refractivity contribution in [3.63, 3.8) is 0 Å². The Morgan fingerprint density at radius 2 is 1.46 bits per heavy atom. The smallest absolute Gasteiger partial charge is 0.743 e. The third-order valence-electron chi connectivity index (χ3n) is 0.908. The summed E-state index contributed by atoms with van der Waals surface area (Å²) in [7, 11) is -6.55. The zero-order chi connectivity index (χ0) is 10.2.